The molecule has 4 aromatic carbocycles. The van der Waals surface area contributed by atoms with E-state index in [1.54, 1.807) is 11.8 Å². The summed E-state index contributed by atoms with van der Waals surface area (Å²) < 4.78 is 0. The lowest BCUT2D eigenvalue weighted by molar-refractivity contribution is 0.0645. The molecular weight excluding hydrogens is 501 g/mol. The maximum absolute atomic E-state index is 11.6. The molecule has 0 heterocycles. The van der Waals surface area contributed by atoms with Gasteiger partial charge in [0.05, 0.1) is 0 Å². The third kappa shape index (κ3) is 4.00. The van der Waals surface area contributed by atoms with Gasteiger partial charge in [-0.05, 0) is 107 Å². The van der Waals surface area contributed by atoms with E-state index in [1.165, 1.54) is 59.9 Å². The van der Waals surface area contributed by atoms with E-state index < -0.39 is 0 Å². The van der Waals surface area contributed by atoms with Crippen molar-refractivity contribution in [1.82, 2.24) is 0 Å². The second kappa shape index (κ2) is 8.83. The van der Waals surface area contributed by atoms with Gasteiger partial charge in [-0.1, -0.05) is 81.9 Å². The highest BCUT2D eigenvalue weighted by Gasteiger charge is 2.53. The zero-order valence-electron chi connectivity index (χ0n) is 23.7. The van der Waals surface area contributed by atoms with E-state index in [9.17, 15) is 5.11 Å². The van der Waals surface area contributed by atoms with Crippen LogP contribution >= 0.6 is 23.5 Å². The third-order valence-electron chi connectivity index (χ3n) is 8.77. The van der Waals surface area contributed by atoms with Crippen molar-refractivity contribution in [3.8, 4) is 16.9 Å². The molecule has 0 amide bonds. The van der Waals surface area contributed by atoms with E-state index in [0.29, 0.717) is 5.75 Å². The molecule has 1 saturated carbocycles. The predicted octanol–water partition coefficient (Wildman–Crippen LogP) is 10.5. The van der Waals surface area contributed by atoms with E-state index in [0.717, 1.165) is 18.2 Å². The summed E-state index contributed by atoms with van der Waals surface area (Å²) >= 11 is 3.62. The van der Waals surface area contributed by atoms with Crippen LogP contribution in [0, 0.1) is 24.7 Å². The van der Waals surface area contributed by atoms with Crippen LogP contribution in [0.5, 0.6) is 5.75 Å². The molecule has 2 aliphatic carbocycles. The molecule has 0 aliphatic heterocycles. The fourth-order valence-electron chi connectivity index (χ4n) is 8.15. The normalized spacial score (nSPS) is 18.5. The smallest absolute Gasteiger partial charge is 0.123 e. The maximum atomic E-state index is 11.6. The van der Waals surface area contributed by atoms with Crippen molar-refractivity contribution >= 4 is 34.3 Å². The fraction of sp³-hybridized carbons (Fsp3) is 0.371. The zero-order chi connectivity index (χ0) is 27.0. The van der Waals surface area contributed by atoms with E-state index in [-0.39, 0.29) is 16.2 Å². The van der Waals surface area contributed by atoms with Crippen LogP contribution < -0.4 is 0 Å². The van der Waals surface area contributed by atoms with Gasteiger partial charge in [0.2, 0.25) is 0 Å². The number of hydrogen-bond acceptors (Lipinski definition) is 3. The van der Waals surface area contributed by atoms with Crippen LogP contribution in [0.3, 0.4) is 0 Å². The minimum Gasteiger partial charge on any atom is -0.507 e. The number of benzene rings is 4. The highest BCUT2D eigenvalue weighted by molar-refractivity contribution is 8.02. The van der Waals surface area contributed by atoms with Gasteiger partial charge in [0.1, 0.15) is 5.75 Å². The molecule has 3 heteroatoms. The molecule has 1 N–H and O–H groups in total. The molecule has 6 rings (SSSR count). The van der Waals surface area contributed by atoms with Crippen LogP contribution in [0.1, 0.15) is 69.2 Å². The molecule has 0 unspecified atom stereocenters. The van der Waals surface area contributed by atoms with Gasteiger partial charge in [0.25, 0.3) is 0 Å². The van der Waals surface area contributed by atoms with Crippen LogP contribution in [-0.4, -0.2) is 11.4 Å². The second-order valence-corrected chi connectivity index (χ2v) is 15.1. The Morgan fingerprint density at radius 2 is 1.34 bits per heavy atom. The molecule has 1 spiro atoms. The number of aromatic hydroxyl groups is 1. The molecule has 0 atom stereocenters. The van der Waals surface area contributed by atoms with E-state index in [4.69, 9.17) is 0 Å². The monoisotopic (exact) mass is 538 g/mol. The zero-order valence-corrected chi connectivity index (χ0v) is 25.3. The standard InChI is InChI=1S/C35H38OS2/c1-21-11-10-12-22(2)32(21)38-30-16-25-24(15-29(30)37-7)28(36)17-27-31(25)23-13-8-9-14-26(23)35(27)19-33(3,4)18-34(5,6)20-35/h8-17,36H,18-20H2,1-7H3. The molecule has 1 nitrogen and oxygen atoms in total. The molecule has 1 fully saturated rings. The first-order valence-corrected chi connectivity index (χ1v) is 15.7. The van der Waals surface area contributed by atoms with Crippen LogP contribution in [-0.2, 0) is 5.41 Å². The summed E-state index contributed by atoms with van der Waals surface area (Å²) in [7, 11) is 0. The Hall–Kier alpha value is -2.36. The van der Waals surface area contributed by atoms with Gasteiger partial charge >= 0.3 is 0 Å². The van der Waals surface area contributed by atoms with E-state index >= 15 is 0 Å². The quantitative estimate of drug-likeness (QED) is 0.262. The first kappa shape index (κ1) is 25.9. The number of phenols is 1. The maximum Gasteiger partial charge on any atom is 0.123 e. The Bertz CT molecular complexity index is 1560. The Labute approximate surface area is 236 Å². The Balaban J connectivity index is 1.65. The third-order valence-corrected chi connectivity index (χ3v) is 11.1. The Morgan fingerprint density at radius 3 is 2.00 bits per heavy atom. The molecule has 0 bridgehead atoms. The summed E-state index contributed by atoms with van der Waals surface area (Å²) in [6, 6.07) is 22.3. The van der Waals surface area contributed by atoms with Crippen LogP contribution in [0.4, 0.5) is 0 Å². The van der Waals surface area contributed by atoms with Gasteiger partial charge in [-0.2, -0.15) is 0 Å². The van der Waals surface area contributed by atoms with Crippen molar-refractivity contribution in [3.63, 3.8) is 0 Å². The molecule has 38 heavy (non-hydrogen) atoms. The van der Waals surface area contributed by atoms with Crippen molar-refractivity contribution in [2.75, 3.05) is 6.26 Å². The lowest BCUT2D eigenvalue weighted by Crippen LogP contribution is -2.43. The second-order valence-electron chi connectivity index (χ2n) is 13.2. The lowest BCUT2D eigenvalue weighted by Gasteiger charge is -2.51. The average molecular weight is 539 g/mol. The van der Waals surface area contributed by atoms with Gasteiger partial charge in [0.15, 0.2) is 0 Å². The minimum atomic E-state index is -0.0824. The van der Waals surface area contributed by atoms with Crippen molar-refractivity contribution in [1.29, 1.82) is 0 Å². The van der Waals surface area contributed by atoms with Gasteiger partial charge in [-0.25, -0.2) is 0 Å². The van der Waals surface area contributed by atoms with Gasteiger partial charge in [-0.15, -0.1) is 11.8 Å². The van der Waals surface area contributed by atoms with Crippen LogP contribution in [0.2, 0.25) is 0 Å². The number of hydrogen-bond donors (Lipinski definition) is 1. The number of fused-ring (bicyclic) bond motifs is 7. The van der Waals surface area contributed by atoms with Gasteiger partial charge in [0, 0.05) is 25.5 Å². The SMILES string of the molecule is CSc1cc2c(O)cc3c(c2cc1Sc1c(C)cccc1C)-c1ccccc1C31CC(C)(C)CC(C)(C)C1. The summed E-state index contributed by atoms with van der Waals surface area (Å²) in [6.45, 7) is 14.1. The lowest BCUT2D eigenvalue weighted by atomic mass is 9.52. The number of thioether (sulfide) groups is 1. The number of rotatable bonds is 3. The van der Waals surface area contributed by atoms with Crippen molar-refractivity contribution < 1.29 is 5.11 Å². The van der Waals surface area contributed by atoms with Crippen molar-refractivity contribution in [2.45, 2.75) is 80.9 Å². The Morgan fingerprint density at radius 1 is 0.711 bits per heavy atom. The van der Waals surface area contributed by atoms with E-state index in [2.05, 4.69) is 108 Å². The molecule has 196 valence electrons. The van der Waals surface area contributed by atoms with Crippen molar-refractivity contribution in [2.24, 2.45) is 10.8 Å². The summed E-state index contributed by atoms with van der Waals surface area (Å²) in [5, 5.41) is 13.7. The summed E-state index contributed by atoms with van der Waals surface area (Å²) in [4.78, 5) is 3.80. The highest BCUT2D eigenvalue weighted by atomic mass is 32.2. The number of aryl methyl sites for hydroxylation is 2. The largest absolute Gasteiger partial charge is 0.507 e. The molecule has 4 aromatic rings. The Kier molecular flexibility index (Phi) is 6.01. The molecule has 2 aliphatic rings. The molecule has 0 radical (unpaired) electrons. The van der Waals surface area contributed by atoms with E-state index in [1.807, 2.05) is 11.8 Å². The van der Waals surface area contributed by atoms with Crippen LogP contribution in [0.25, 0.3) is 21.9 Å². The van der Waals surface area contributed by atoms with Gasteiger partial charge in [-0.3, -0.25) is 0 Å². The highest BCUT2D eigenvalue weighted by Crippen LogP contribution is 2.65. The summed E-state index contributed by atoms with van der Waals surface area (Å²) in [6.07, 6.45) is 5.56. The predicted molar refractivity (Wildman–Crippen MR) is 165 cm³/mol. The first-order valence-electron chi connectivity index (χ1n) is 13.7. The topological polar surface area (TPSA) is 20.2 Å². The minimum absolute atomic E-state index is 0.0824. The summed E-state index contributed by atoms with van der Waals surface area (Å²) in [5.74, 6) is 0.408. The summed E-state index contributed by atoms with van der Waals surface area (Å²) in [5.41, 5.74) is 8.41. The first-order chi connectivity index (χ1) is 17.9. The number of phenolic OH excluding ortho intramolecular Hbond substituents is 1. The molecule has 0 aromatic heterocycles. The van der Waals surface area contributed by atoms with Crippen LogP contribution in [0.15, 0.2) is 75.4 Å². The molecular formula is C35H38OS2. The molecule has 0 saturated heterocycles. The fourth-order valence-corrected chi connectivity index (χ4v) is 10.0. The van der Waals surface area contributed by atoms with Crippen molar-refractivity contribution in [3.05, 3.63) is 82.9 Å². The average Bonchev–Trinajstić information content (AvgIpc) is 3.07. The van der Waals surface area contributed by atoms with Gasteiger partial charge < -0.3 is 5.11 Å².